The summed E-state index contributed by atoms with van der Waals surface area (Å²) in [7, 11) is -1.45. The van der Waals surface area contributed by atoms with Crippen LogP contribution in [0.2, 0.25) is 0 Å². The maximum Gasteiger partial charge on any atom is 0.127 e. The van der Waals surface area contributed by atoms with Crippen molar-refractivity contribution in [1.82, 2.24) is 0 Å². The first-order valence-electron chi connectivity index (χ1n) is 5.94. The molecule has 2 rings (SSSR count). The molecular weight excluding hydrogens is 275 g/mol. The summed E-state index contributed by atoms with van der Waals surface area (Å²) in [5.74, 6) is -0.474. The van der Waals surface area contributed by atoms with Crippen LogP contribution < -0.4 is 5.73 Å². The highest BCUT2D eigenvalue weighted by molar-refractivity contribution is 7.84. The van der Waals surface area contributed by atoms with Crippen LogP contribution in [0.25, 0.3) is 0 Å². The maximum absolute atomic E-state index is 13.7. The Morgan fingerprint density at radius 1 is 1.30 bits per heavy atom. The third-order valence-electron chi connectivity index (χ3n) is 2.88. The van der Waals surface area contributed by atoms with Gasteiger partial charge in [-0.3, -0.25) is 4.21 Å². The minimum absolute atomic E-state index is 0.00495. The standard InChI is InChI=1S/C15H13FN2OS/c1-10-2-5-14(18)15(6-10)20(19)9-12-7-11(8-17)3-4-13(12)16/h2-7H,9,18H2,1H3. The fourth-order valence-corrected chi connectivity index (χ4v) is 3.12. The highest BCUT2D eigenvalue weighted by Crippen LogP contribution is 2.22. The van der Waals surface area contributed by atoms with Gasteiger partial charge >= 0.3 is 0 Å². The van der Waals surface area contributed by atoms with E-state index in [0.717, 1.165) is 5.56 Å². The van der Waals surface area contributed by atoms with E-state index in [1.165, 1.54) is 18.2 Å². The minimum atomic E-state index is -1.45. The summed E-state index contributed by atoms with van der Waals surface area (Å²) in [6.07, 6.45) is 0. The van der Waals surface area contributed by atoms with Gasteiger partial charge < -0.3 is 5.73 Å². The molecule has 5 heteroatoms. The van der Waals surface area contributed by atoms with E-state index >= 15 is 0 Å². The van der Waals surface area contributed by atoms with Crippen molar-refractivity contribution in [3.63, 3.8) is 0 Å². The van der Waals surface area contributed by atoms with E-state index in [0.29, 0.717) is 16.1 Å². The molecule has 1 atom stereocenters. The topological polar surface area (TPSA) is 66.9 Å². The summed E-state index contributed by atoms with van der Waals surface area (Å²) in [5, 5.41) is 8.82. The highest BCUT2D eigenvalue weighted by Gasteiger charge is 2.12. The lowest BCUT2D eigenvalue weighted by Gasteiger charge is -2.08. The van der Waals surface area contributed by atoms with E-state index in [9.17, 15) is 8.60 Å². The van der Waals surface area contributed by atoms with Gasteiger partial charge in [0.15, 0.2) is 0 Å². The summed E-state index contributed by atoms with van der Waals surface area (Å²) in [6.45, 7) is 1.87. The molecule has 0 radical (unpaired) electrons. The molecule has 0 aliphatic heterocycles. The van der Waals surface area contributed by atoms with Gasteiger partial charge in [-0.25, -0.2) is 4.39 Å². The van der Waals surface area contributed by atoms with Crippen LogP contribution in [0.5, 0.6) is 0 Å². The summed E-state index contributed by atoms with van der Waals surface area (Å²) < 4.78 is 26.0. The van der Waals surface area contributed by atoms with Gasteiger partial charge in [-0.15, -0.1) is 0 Å². The predicted molar refractivity (Wildman–Crippen MR) is 76.8 cm³/mol. The van der Waals surface area contributed by atoms with Crippen molar-refractivity contribution in [3.8, 4) is 6.07 Å². The molecule has 0 spiro atoms. The third-order valence-corrected chi connectivity index (χ3v) is 4.29. The lowest BCUT2D eigenvalue weighted by atomic mass is 10.1. The Balaban J connectivity index is 2.33. The Bertz CT molecular complexity index is 722. The second-order valence-corrected chi connectivity index (χ2v) is 5.87. The van der Waals surface area contributed by atoms with Crippen molar-refractivity contribution in [3.05, 3.63) is 58.9 Å². The zero-order chi connectivity index (χ0) is 14.7. The molecule has 0 saturated heterocycles. The summed E-state index contributed by atoms with van der Waals surface area (Å²) >= 11 is 0. The molecule has 0 aliphatic carbocycles. The molecule has 2 N–H and O–H groups in total. The van der Waals surface area contributed by atoms with E-state index in [2.05, 4.69) is 0 Å². The zero-order valence-corrected chi connectivity index (χ0v) is 11.7. The van der Waals surface area contributed by atoms with Gasteiger partial charge in [0.25, 0.3) is 0 Å². The van der Waals surface area contributed by atoms with Gasteiger partial charge in [-0.05, 0) is 42.8 Å². The van der Waals surface area contributed by atoms with Gasteiger partial charge in [0.2, 0.25) is 0 Å². The number of nitrogens with two attached hydrogens (primary N) is 1. The van der Waals surface area contributed by atoms with Crippen LogP contribution >= 0.6 is 0 Å². The van der Waals surface area contributed by atoms with Crippen molar-refractivity contribution in [2.24, 2.45) is 0 Å². The second-order valence-electron chi connectivity index (χ2n) is 4.45. The lowest BCUT2D eigenvalue weighted by Crippen LogP contribution is -2.03. The number of nitrogen functional groups attached to an aromatic ring is 1. The highest BCUT2D eigenvalue weighted by atomic mass is 32.2. The molecule has 3 nitrogen and oxygen atoms in total. The van der Waals surface area contributed by atoms with Crippen molar-refractivity contribution >= 4 is 16.5 Å². The fraction of sp³-hybridized carbons (Fsp3) is 0.133. The smallest absolute Gasteiger partial charge is 0.127 e. The minimum Gasteiger partial charge on any atom is -0.398 e. The van der Waals surface area contributed by atoms with Crippen molar-refractivity contribution < 1.29 is 8.60 Å². The third kappa shape index (κ3) is 3.03. The molecule has 0 fully saturated rings. The normalized spacial score (nSPS) is 11.8. The molecule has 1 unspecified atom stereocenters. The number of hydrogen-bond acceptors (Lipinski definition) is 3. The number of nitriles is 1. The number of nitrogens with zero attached hydrogens (tertiary/aromatic N) is 1. The molecule has 2 aromatic carbocycles. The van der Waals surface area contributed by atoms with Crippen molar-refractivity contribution in [1.29, 1.82) is 5.26 Å². The SMILES string of the molecule is Cc1ccc(N)c(S(=O)Cc2cc(C#N)ccc2F)c1. The predicted octanol–water partition coefficient (Wildman–Crippen LogP) is 2.90. The van der Waals surface area contributed by atoms with Gasteiger partial charge in [-0.1, -0.05) is 6.07 Å². The van der Waals surface area contributed by atoms with Crippen molar-refractivity contribution in [2.75, 3.05) is 5.73 Å². The van der Waals surface area contributed by atoms with Crippen LogP contribution in [-0.2, 0) is 16.6 Å². The summed E-state index contributed by atoms with van der Waals surface area (Å²) in [5.41, 5.74) is 7.76. The van der Waals surface area contributed by atoms with E-state index in [4.69, 9.17) is 11.0 Å². The van der Waals surface area contributed by atoms with E-state index in [1.807, 2.05) is 19.1 Å². The molecule has 0 heterocycles. The van der Waals surface area contributed by atoms with Crippen LogP contribution in [0.4, 0.5) is 10.1 Å². The summed E-state index contributed by atoms with van der Waals surface area (Å²) in [4.78, 5) is 0.492. The molecule has 0 aromatic heterocycles. The van der Waals surface area contributed by atoms with Crippen LogP contribution in [-0.4, -0.2) is 4.21 Å². The van der Waals surface area contributed by atoms with Gasteiger partial charge in [0.1, 0.15) is 5.82 Å². The Labute approximate surface area is 119 Å². The van der Waals surface area contributed by atoms with Crippen LogP contribution in [0, 0.1) is 24.1 Å². The Morgan fingerprint density at radius 2 is 2.05 bits per heavy atom. The quantitative estimate of drug-likeness (QED) is 0.883. The Morgan fingerprint density at radius 3 is 2.75 bits per heavy atom. The zero-order valence-electron chi connectivity index (χ0n) is 10.9. The molecule has 0 amide bonds. The molecule has 102 valence electrons. The maximum atomic E-state index is 13.7. The van der Waals surface area contributed by atoms with Crippen LogP contribution in [0.3, 0.4) is 0 Å². The number of anilines is 1. The van der Waals surface area contributed by atoms with Gasteiger partial charge in [0.05, 0.1) is 33.1 Å². The van der Waals surface area contributed by atoms with Crippen LogP contribution in [0.1, 0.15) is 16.7 Å². The first-order chi connectivity index (χ1) is 9.51. The number of aryl methyl sites for hydroxylation is 1. The second kappa shape index (κ2) is 5.85. The Kier molecular flexibility index (Phi) is 4.16. The van der Waals surface area contributed by atoms with Crippen molar-refractivity contribution in [2.45, 2.75) is 17.6 Å². The fourth-order valence-electron chi connectivity index (χ4n) is 1.81. The van der Waals surface area contributed by atoms with E-state index < -0.39 is 16.6 Å². The lowest BCUT2D eigenvalue weighted by molar-refractivity contribution is 0.615. The molecular formula is C15H13FN2OS. The first kappa shape index (κ1) is 14.2. The van der Waals surface area contributed by atoms with Gasteiger partial charge in [0, 0.05) is 11.3 Å². The number of halogens is 1. The number of benzene rings is 2. The molecule has 0 aliphatic rings. The van der Waals surface area contributed by atoms with Crippen LogP contribution in [0.15, 0.2) is 41.3 Å². The average molecular weight is 288 g/mol. The molecule has 0 bridgehead atoms. The monoisotopic (exact) mass is 288 g/mol. The molecule has 2 aromatic rings. The number of rotatable bonds is 3. The largest absolute Gasteiger partial charge is 0.398 e. The van der Waals surface area contributed by atoms with E-state index in [-0.39, 0.29) is 11.3 Å². The van der Waals surface area contributed by atoms with Gasteiger partial charge in [-0.2, -0.15) is 5.26 Å². The average Bonchev–Trinajstić information content (AvgIpc) is 2.43. The first-order valence-corrected chi connectivity index (χ1v) is 7.26. The van der Waals surface area contributed by atoms with E-state index in [1.54, 1.807) is 12.1 Å². The Hall–Kier alpha value is -2.19. The molecule has 20 heavy (non-hydrogen) atoms. The number of hydrogen-bond donors (Lipinski definition) is 1. The molecule has 0 saturated carbocycles. The summed E-state index contributed by atoms with van der Waals surface area (Å²) in [6, 6.07) is 11.2.